The van der Waals surface area contributed by atoms with Crippen molar-refractivity contribution in [1.82, 2.24) is 0 Å². The van der Waals surface area contributed by atoms with Crippen LogP contribution in [0.1, 0.15) is 29.7 Å². The smallest absolute Gasteiger partial charge is 0.300 e. The molecule has 1 saturated heterocycles. The van der Waals surface area contributed by atoms with Gasteiger partial charge >= 0.3 is 0 Å². The third-order valence-corrected chi connectivity index (χ3v) is 6.32. The summed E-state index contributed by atoms with van der Waals surface area (Å²) >= 11 is 12.2. The second kappa shape index (κ2) is 9.41. The van der Waals surface area contributed by atoms with Gasteiger partial charge in [-0.3, -0.25) is 14.5 Å². The number of phenols is 1. The van der Waals surface area contributed by atoms with Gasteiger partial charge in [0, 0.05) is 11.3 Å². The van der Waals surface area contributed by atoms with E-state index >= 15 is 0 Å². The zero-order valence-corrected chi connectivity index (χ0v) is 19.9. The number of aliphatic hydroxyl groups excluding tert-OH is 1. The van der Waals surface area contributed by atoms with Crippen LogP contribution in [-0.2, 0) is 9.59 Å². The highest BCUT2D eigenvalue weighted by atomic mass is 35.5. The minimum Gasteiger partial charge on any atom is -0.508 e. The molecule has 3 aromatic carbocycles. The summed E-state index contributed by atoms with van der Waals surface area (Å²) < 4.78 is 5.56. The van der Waals surface area contributed by atoms with E-state index < -0.39 is 17.7 Å². The number of amides is 1. The van der Waals surface area contributed by atoms with Crippen LogP contribution in [0.2, 0.25) is 10.0 Å². The minimum absolute atomic E-state index is 0.0253. The van der Waals surface area contributed by atoms with Crippen molar-refractivity contribution in [3.05, 3.63) is 93.0 Å². The van der Waals surface area contributed by atoms with E-state index in [1.807, 2.05) is 13.8 Å². The van der Waals surface area contributed by atoms with Gasteiger partial charge in [-0.05, 0) is 73.5 Å². The number of hydrogen-bond donors (Lipinski definition) is 2. The number of anilines is 1. The van der Waals surface area contributed by atoms with E-state index in [0.717, 1.165) is 5.56 Å². The average Bonchev–Trinajstić information content (AvgIpc) is 3.07. The van der Waals surface area contributed by atoms with Crippen LogP contribution in [0, 0.1) is 6.92 Å². The topological polar surface area (TPSA) is 87.1 Å². The fourth-order valence-electron chi connectivity index (χ4n) is 3.98. The number of carbonyl (C=O) groups excluding carboxylic acids is 2. The van der Waals surface area contributed by atoms with Crippen molar-refractivity contribution in [2.45, 2.75) is 19.9 Å². The third kappa shape index (κ3) is 4.22. The Balaban J connectivity index is 1.92. The van der Waals surface area contributed by atoms with Crippen LogP contribution < -0.4 is 9.64 Å². The summed E-state index contributed by atoms with van der Waals surface area (Å²) in [6.07, 6.45) is 0. The first-order chi connectivity index (χ1) is 16.2. The number of Topliss-reactive ketones (excluding diaryl/α,β-unsaturated/α-hetero) is 1. The van der Waals surface area contributed by atoms with Gasteiger partial charge in [0.15, 0.2) is 0 Å². The zero-order chi connectivity index (χ0) is 24.6. The van der Waals surface area contributed by atoms with Crippen LogP contribution in [-0.4, -0.2) is 28.5 Å². The number of phenolic OH excluding ortho intramolecular Hbond substituents is 1. The first kappa shape index (κ1) is 23.7. The number of aromatic hydroxyl groups is 1. The molecule has 2 N–H and O–H groups in total. The Labute approximate surface area is 206 Å². The number of rotatable bonds is 5. The highest BCUT2D eigenvalue weighted by Gasteiger charge is 2.47. The molecule has 1 unspecified atom stereocenters. The molecule has 0 saturated carbocycles. The summed E-state index contributed by atoms with van der Waals surface area (Å²) in [6.45, 7) is 4.19. The van der Waals surface area contributed by atoms with Gasteiger partial charge in [0.1, 0.15) is 17.3 Å². The Hall–Kier alpha value is -3.48. The molecular weight excluding hydrogens is 477 g/mol. The lowest BCUT2D eigenvalue weighted by molar-refractivity contribution is -0.132. The minimum atomic E-state index is -0.954. The number of halogens is 2. The van der Waals surface area contributed by atoms with Gasteiger partial charge in [-0.2, -0.15) is 0 Å². The molecule has 1 aliphatic rings. The van der Waals surface area contributed by atoms with E-state index in [0.29, 0.717) is 34.2 Å². The molecule has 1 amide bonds. The first-order valence-corrected chi connectivity index (χ1v) is 11.3. The van der Waals surface area contributed by atoms with Gasteiger partial charge in [-0.25, -0.2) is 0 Å². The Kier molecular flexibility index (Phi) is 6.55. The predicted molar refractivity (Wildman–Crippen MR) is 132 cm³/mol. The highest BCUT2D eigenvalue weighted by Crippen LogP contribution is 2.43. The summed E-state index contributed by atoms with van der Waals surface area (Å²) in [5.74, 6) is -1.29. The largest absolute Gasteiger partial charge is 0.508 e. The first-order valence-electron chi connectivity index (χ1n) is 10.5. The Morgan fingerprint density at radius 3 is 2.32 bits per heavy atom. The van der Waals surface area contributed by atoms with Crippen molar-refractivity contribution >= 4 is 46.3 Å². The van der Waals surface area contributed by atoms with Crippen LogP contribution in [0.4, 0.5) is 5.69 Å². The molecule has 6 nitrogen and oxygen atoms in total. The zero-order valence-electron chi connectivity index (χ0n) is 18.4. The molecule has 1 fully saturated rings. The second-order valence-electron chi connectivity index (χ2n) is 7.77. The lowest BCUT2D eigenvalue weighted by Gasteiger charge is -2.25. The summed E-state index contributed by atoms with van der Waals surface area (Å²) in [5.41, 5.74) is 1.93. The quantitative estimate of drug-likeness (QED) is 0.255. The molecule has 34 heavy (non-hydrogen) atoms. The number of nitrogens with zero attached hydrogens (tertiary/aromatic N) is 1. The average molecular weight is 498 g/mol. The molecule has 4 rings (SSSR count). The molecule has 0 spiro atoms. The maximum atomic E-state index is 13.2. The van der Waals surface area contributed by atoms with Crippen LogP contribution in [0.5, 0.6) is 11.5 Å². The van der Waals surface area contributed by atoms with Crippen molar-refractivity contribution in [3.8, 4) is 11.5 Å². The Morgan fingerprint density at radius 1 is 1.00 bits per heavy atom. The van der Waals surface area contributed by atoms with Crippen molar-refractivity contribution < 1.29 is 24.5 Å². The van der Waals surface area contributed by atoms with Crippen LogP contribution in [0.15, 0.2) is 66.2 Å². The Morgan fingerprint density at radius 2 is 1.71 bits per heavy atom. The number of aliphatic hydroxyl groups is 1. The number of ether oxygens (including phenoxy) is 1. The van der Waals surface area contributed by atoms with Gasteiger partial charge in [0.05, 0.1) is 28.3 Å². The Bertz CT molecular complexity index is 1320. The van der Waals surface area contributed by atoms with Crippen molar-refractivity contribution in [3.63, 3.8) is 0 Å². The van der Waals surface area contributed by atoms with Crippen molar-refractivity contribution in [2.24, 2.45) is 0 Å². The van der Waals surface area contributed by atoms with Gasteiger partial charge in [0.2, 0.25) is 0 Å². The lowest BCUT2D eigenvalue weighted by atomic mass is 9.94. The fraction of sp³-hybridized carbons (Fsp3) is 0.154. The van der Waals surface area contributed by atoms with Crippen LogP contribution in [0.3, 0.4) is 0 Å². The molecule has 0 aromatic heterocycles. The van der Waals surface area contributed by atoms with Gasteiger partial charge in [0.25, 0.3) is 11.7 Å². The molecule has 0 radical (unpaired) electrons. The number of aryl methyl sites for hydroxylation is 1. The normalized spacial score (nSPS) is 17.3. The van der Waals surface area contributed by atoms with Crippen molar-refractivity contribution in [1.29, 1.82) is 0 Å². The van der Waals surface area contributed by atoms with E-state index in [9.17, 15) is 19.8 Å². The highest BCUT2D eigenvalue weighted by molar-refractivity contribution is 6.52. The van der Waals surface area contributed by atoms with E-state index in [-0.39, 0.29) is 22.1 Å². The maximum absolute atomic E-state index is 13.2. The molecule has 0 bridgehead atoms. The second-order valence-corrected chi connectivity index (χ2v) is 8.59. The van der Waals surface area contributed by atoms with Crippen molar-refractivity contribution in [2.75, 3.05) is 11.5 Å². The van der Waals surface area contributed by atoms with Gasteiger partial charge < -0.3 is 14.9 Å². The molecule has 8 heteroatoms. The lowest BCUT2D eigenvalue weighted by Crippen LogP contribution is -2.29. The van der Waals surface area contributed by atoms with Crippen LogP contribution in [0.25, 0.3) is 5.76 Å². The fourth-order valence-corrected chi connectivity index (χ4v) is 4.27. The van der Waals surface area contributed by atoms with E-state index in [4.69, 9.17) is 27.9 Å². The number of ketones is 1. The summed E-state index contributed by atoms with van der Waals surface area (Å²) in [5, 5.41) is 21.5. The van der Waals surface area contributed by atoms with Gasteiger partial charge in [-0.1, -0.05) is 35.3 Å². The molecule has 3 aromatic rings. The molecule has 1 aliphatic heterocycles. The third-order valence-electron chi connectivity index (χ3n) is 5.58. The maximum Gasteiger partial charge on any atom is 0.300 e. The monoisotopic (exact) mass is 497 g/mol. The standard InChI is InChI=1S/C26H21Cl2NO5/c1-3-34-21-11-6-16(12-14(21)2)24(31)22-23(15-4-8-18(30)9-5-15)29(26(33)25(22)32)17-7-10-19(27)20(28)13-17/h4-13,23,30-31H,3H2,1-2H3/b24-22+. The molecule has 174 valence electrons. The molecular formula is C26H21Cl2NO5. The molecule has 1 atom stereocenters. The molecule has 0 aliphatic carbocycles. The van der Waals surface area contributed by atoms with Gasteiger partial charge in [-0.15, -0.1) is 0 Å². The summed E-state index contributed by atoms with van der Waals surface area (Å²) in [6, 6.07) is 14.8. The number of hydrogen-bond acceptors (Lipinski definition) is 5. The SMILES string of the molecule is CCOc1ccc(/C(O)=C2\C(=O)C(=O)N(c3ccc(Cl)c(Cl)c3)C2c2ccc(O)cc2)cc1C. The summed E-state index contributed by atoms with van der Waals surface area (Å²) in [7, 11) is 0. The van der Waals surface area contributed by atoms with Crippen LogP contribution >= 0.6 is 23.2 Å². The predicted octanol–water partition coefficient (Wildman–Crippen LogP) is 6.03. The van der Waals surface area contributed by atoms with E-state index in [2.05, 4.69) is 0 Å². The van der Waals surface area contributed by atoms with E-state index in [1.54, 1.807) is 36.4 Å². The number of benzene rings is 3. The molecule has 1 heterocycles. The summed E-state index contributed by atoms with van der Waals surface area (Å²) in [4.78, 5) is 27.7. The van der Waals surface area contributed by atoms with E-state index in [1.165, 1.54) is 29.2 Å². The number of carbonyl (C=O) groups is 2.